The number of ether oxygens (including phenoxy) is 2. The van der Waals surface area contributed by atoms with Crippen molar-refractivity contribution in [2.75, 3.05) is 20.2 Å². The Morgan fingerprint density at radius 2 is 1.94 bits per heavy atom. The van der Waals surface area contributed by atoms with E-state index >= 15 is 0 Å². The van der Waals surface area contributed by atoms with E-state index < -0.39 is 0 Å². The van der Waals surface area contributed by atoms with Crippen LogP contribution in [0.4, 0.5) is 0 Å². The van der Waals surface area contributed by atoms with E-state index in [-0.39, 0.29) is 42.0 Å². The van der Waals surface area contributed by atoms with Crippen molar-refractivity contribution in [3.63, 3.8) is 0 Å². The number of hydrogen-bond acceptors (Lipinski definition) is 4. The van der Waals surface area contributed by atoms with E-state index in [0.29, 0.717) is 31.2 Å². The van der Waals surface area contributed by atoms with Crippen LogP contribution in [0.5, 0.6) is 11.5 Å². The third-order valence-electron chi connectivity index (χ3n) is 4.93. The summed E-state index contributed by atoms with van der Waals surface area (Å²) in [4.78, 5) is 16.6. The third kappa shape index (κ3) is 7.30. The lowest BCUT2D eigenvalue weighted by molar-refractivity contribution is 0.0935. The van der Waals surface area contributed by atoms with Crippen LogP contribution in [0.25, 0.3) is 0 Å². The molecule has 168 valence electrons. The minimum Gasteiger partial charge on any atom is -0.486 e. The Bertz CT molecular complexity index is 891. The number of aliphatic imine (C=N–C) groups is 1. The first-order valence-electron chi connectivity index (χ1n) is 10.3. The number of halogens is 1. The van der Waals surface area contributed by atoms with Gasteiger partial charge >= 0.3 is 0 Å². The van der Waals surface area contributed by atoms with Crippen molar-refractivity contribution >= 4 is 35.8 Å². The van der Waals surface area contributed by atoms with Crippen molar-refractivity contribution < 1.29 is 14.3 Å². The van der Waals surface area contributed by atoms with Gasteiger partial charge in [0.1, 0.15) is 12.7 Å². The zero-order valence-electron chi connectivity index (χ0n) is 18.2. The van der Waals surface area contributed by atoms with Gasteiger partial charge in [0.05, 0.1) is 6.54 Å². The molecule has 31 heavy (non-hydrogen) atoms. The van der Waals surface area contributed by atoms with E-state index in [0.717, 1.165) is 23.5 Å². The average molecular weight is 538 g/mol. The van der Waals surface area contributed by atoms with Gasteiger partial charge in [0, 0.05) is 25.2 Å². The number of nitrogens with one attached hydrogen (secondary N) is 3. The molecule has 0 bridgehead atoms. The number of amides is 1. The molecule has 8 heteroatoms. The smallest absolute Gasteiger partial charge is 0.251 e. The molecule has 1 aliphatic rings. The molecule has 1 heterocycles. The maximum atomic E-state index is 12.3. The van der Waals surface area contributed by atoms with Crippen LogP contribution in [0.2, 0.25) is 0 Å². The average Bonchev–Trinajstić information content (AvgIpc) is 2.79. The zero-order chi connectivity index (χ0) is 21.3. The highest BCUT2D eigenvalue weighted by molar-refractivity contribution is 14.0. The standard InChI is InChI=1S/C23H30N4O3.HI/c1-4-16(2)27-22(28)18-9-7-8-17(12-18)13-25-23(24-3)26-14-19-15-29-20-10-5-6-11-21(20)30-19;/h5-12,16,19H,4,13-15H2,1-3H3,(H,27,28)(H2,24,25,26);1H. The van der Waals surface area contributed by atoms with Crippen molar-refractivity contribution in [3.8, 4) is 11.5 Å². The van der Waals surface area contributed by atoms with Crippen molar-refractivity contribution in [1.82, 2.24) is 16.0 Å². The first-order valence-corrected chi connectivity index (χ1v) is 10.3. The zero-order valence-corrected chi connectivity index (χ0v) is 20.5. The number of hydrogen-bond donors (Lipinski definition) is 3. The number of para-hydroxylation sites is 2. The van der Waals surface area contributed by atoms with Crippen LogP contribution in [0, 0.1) is 0 Å². The Kier molecular flexibility index (Phi) is 9.90. The monoisotopic (exact) mass is 538 g/mol. The molecule has 2 aromatic carbocycles. The summed E-state index contributed by atoms with van der Waals surface area (Å²) in [6.07, 6.45) is 0.794. The van der Waals surface area contributed by atoms with E-state index in [1.807, 2.05) is 62.4 Å². The highest BCUT2D eigenvalue weighted by Crippen LogP contribution is 2.30. The van der Waals surface area contributed by atoms with E-state index in [1.54, 1.807) is 7.05 Å². The number of nitrogens with zero attached hydrogens (tertiary/aromatic N) is 1. The Morgan fingerprint density at radius 1 is 1.16 bits per heavy atom. The number of carbonyl (C=O) groups is 1. The molecule has 1 aliphatic heterocycles. The maximum Gasteiger partial charge on any atom is 0.251 e. The van der Waals surface area contributed by atoms with Crippen molar-refractivity contribution in [2.45, 2.75) is 39.0 Å². The molecular formula is C23H31IN4O3. The lowest BCUT2D eigenvalue weighted by Crippen LogP contribution is -2.45. The molecule has 0 spiro atoms. The second-order valence-corrected chi connectivity index (χ2v) is 7.29. The summed E-state index contributed by atoms with van der Waals surface area (Å²) in [7, 11) is 1.72. The molecule has 2 unspecified atom stereocenters. The van der Waals surface area contributed by atoms with Crippen molar-refractivity contribution in [2.24, 2.45) is 4.99 Å². The van der Waals surface area contributed by atoms with Gasteiger partial charge in [-0.3, -0.25) is 9.79 Å². The molecule has 0 aliphatic carbocycles. The highest BCUT2D eigenvalue weighted by atomic mass is 127. The van der Waals surface area contributed by atoms with Crippen LogP contribution in [0.15, 0.2) is 53.5 Å². The number of rotatable bonds is 7. The number of benzene rings is 2. The predicted octanol–water partition coefficient (Wildman–Crippen LogP) is 3.34. The van der Waals surface area contributed by atoms with Crippen LogP contribution in [0.1, 0.15) is 36.2 Å². The van der Waals surface area contributed by atoms with Gasteiger partial charge in [-0.1, -0.05) is 31.2 Å². The summed E-state index contributed by atoms with van der Waals surface area (Å²) < 4.78 is 11.7. The Morgan fingerprint density at radius 3 is 2.68 bits per heavy atom. The molecule has 3 N–H and O–H groups in total. The molecule has 0 saturated carbocycles. The largest absolute Gasteiger partial charge is 0.486 e. The van der Waals surface area contributed by atoms with Crippen LogP contribution in [-0.2, 0) is 6.54 Å². The van der Waals surface area contributed by atoms with Gasteiger partial charge in [-0.25, -0.2) is 0 Å². The van der Waals surface area contributed by atoms with Gasteiger partial charge in [0.15, 0.2) is 17.5 Å². The van der Waals surface area contributed by atoms with Gasteiger partial charge in [0.2, 0.25) is 0 Å². The minimum atomic E-state index is -0.106. The quantitative estimate of drug-likeness (QED) is 0.286. The van der Waals surface area contributed by atoms with E-state index in [1.165, 1.54) is 0 Å². The topological polar surface area (TPSA) is 84.0 Å². The second kappa shape index (κ2) is 12.4. The fourth-order valence-corrected chi connectivity index (χ4v) is 3.01. The summed E-state index contributed by atoms with van der Waals surface area (Å²) in [6.45, 7) is 5.64. The molecule has 0 aromatic heterocycles. The fourth-order valence-electron chi connectivity index (χ4n) is 3.01. The lowest BCUT2D eigenvalue weighted by Gasteiger charge is -2.27. The summed E-state index contributed by atoms with van der Waals surface area (Å²) in [5, 5.41) is 9.53. The van der Waals surface area contributed by atoms with E-state index in [2.05, 4.69) is 20.9 Å². The fraction of sp³-hybridized carbons (Fsp3) is 0.391. The maximum absolute atomic E-state index is 12.3. The molecule has 7 nitrogen and oxygen atoms in total. The minimum absolute atomic E-state index is 0. The molecule has 1 amide bonds. The van der Waals surface area contributed by atoms with Gasteiger partial charge in [0.25, 0.3) is 5.91 Å². The van der Waals surface area contributed by atoms with Gasteiger partial charge in [-0.2, -0.15) is 0 Å². The predicted molar refractivity (Wildman–Crippen MR) is 134 cm³/mol. The lowest BCUT2D eigenvalue weighted by atomic mass is 10.1. The summed E-state index contributed by atoms with van der Waals surface area (Å²) in [6, 6.07) is 15.4. The molecule has 2 aromatic rings. The Labute approximate surface area is 201 Å². The Hall–Kier alpha value is -2.49. The molecule has 0 fully saturated rings. The molecule has 2 atom stereocenters. The SMILES string of the molecule is CCC(C)NC(=O)c1cccc(CNC(=NC)NCC2COc3ccccc3O2)c1.I. The molecular weight excluding hydrogens is 507 g/mol. The molecule has 3 rings (SSSR count). The summed E-state index contributed by atoms with van der Waals surface area (Å²) >= 11 is 0. The number of fused-ring (bicyclic) bond motifs is 1. The van der Waals surface area contributed by atoms with Gasteiger partial charge < -0.3 is 25.4 Å². The summed E-state index contributed by atoms with van der Waals surface area (Å²) in [5.41, 5.74) is 1.66. The first-order chi connectivity index (χ1) is 14.6. The van der Waals surface area contributed by atoms with E-state index in [9.17, 15) is 4.79 Å². The highest BCUT2D eigenvalue weighted by Gasteiger charge is 2.20. The number of carbonyl (C=O) groups excluding carboxylic acids is 1. The number of guanidine groups is 1. The van der Waals surface area contributed by atoms with E-state index in [4.69, 9.17) is 9.47 Å². The molecule has 0 saturated heterocycles. The van der Waals surface area contributed by atoms with Crippen LogP contribution >= 0.6 is 24.0 Å². The third-order valence-corrected chi connectivity index (χ3v) is 4.93. The van der Waals surface area contributed by atoms with Crippen molar-refractivity contribution in [1.29, 1.82) is 0 Å². The second-order valence-electron chi connectivity index (χ2n) is 7.29. The normalized spacial score (nSPS) is 16.0. The van der Waals surface area contributed by atoms with Crippen LogP contribution < -0.4 is 25.4 Å². The summed E-state index contributed by atoms with van der Waals surface area (Å²) in [5.74, 6) is 2.13. The molecule has 0 radical (unpaired) electrons. The van der Waals surface area contributed by atoms with Gasteiger partial charge in [-0.05, 0) is 43.2 Å². The first kappa shape index (κ1) is 24.8. The van der Waals surface area contributed by atoms with Crippen LogP contribution in [-0.4, -0.2) is 44.2 Å². The Balaban J connectivity index is 0.00000341. The van der Waals surface area contributed by atoms with Crippen LogP contribution in [0.3, 0.4) is 0 Å². The van der Waals surface area contributed by atoms with Crippen molar-refractivity contribution in [3.05, 3.63) is 59.7 Å². The van der Waals surface area contributed by atoms with Gasteiger partial charge in [-0.15, -0.1) is 24.0 Å².